The van der Waals surface area contributed by atoms with Crippen molar-refractivity contribution in [1.82, 2.24) is 0 Å². The molecule has 3 heteroatoms. The first-order chi connectivity index (χ1) is 28.8. The van der Waals surface area contributed by atoms with E-state index in [2.05, 4.69) is 187 Å². The van der Waals surface area contributed by atoms with Gasteiger partial charge in [0.15, 0.2) is 0 Å². The van der Waals surface area contributed by atoms with Gasteiger partial charge in [-0.2, -0.15) is 0 Å². The monoisotopic (exact) mass is 739 g/mol. The lowest BCUT2D eigenvalue weighted by Gasteiger charge is -2.32. The van der Waals surface area contributed by atoms with Crippen molar-refractivity contribution in [3.05, 3.63) is 222 Å². The quantitative estimate of drug-likeness (QED) is 0.180. The van der Waals surface area contributed by atoms with Crippen LogP contribution in [0.4, 0.5) is 17.1 Å². The molecule has 0 amide bonds. The Morgan fingerprint density at radius 1 is 0.328 bits per heavy atom. The molecule has 0 aliphatic heterocycles. The third-order valence-corrected chi connectivity index (χ3v) is 12.7. The van der Waals surface area contributed by atoms with Crippen LogP contribution in [-0.4, -0.2) is 0 Å². The Morgan fingerprint density at radius 2 is 0.793 bits per heavy atom. The zero-order valence-corrected chi connectivity index (χ0v) is 31.3. The lowest BCUT2D eigenvalue weighted by Crippen LogP contribution is -2.26. The molecule has 3 nitrogen and oxygen atoms in total. The average molecular weight is 740 g/mol. The summed E-state index contributed by atoms with van der Waals surface area (Å²) in [5, 5.41) is 4.44. The highest BCUT2D eigenvalue weighted by molar-refractivity contribution is 6.15. The van der Waals surface area contributed by atoms with Crippen LogP contribution in [0.2, 0.25) is 0 Å². The summed E-state index contributed by atoms with van der Waals surface area (Å²) in [5.74, 6) is 0. The Labute approximate surface area is 334 Å². The first-order valence-corrected chi connectivity index (χ1v) is 19.9. The summed E-state index contributed by atoms with van der Waals surface area (Å²) in [6, 6.07) is 72.5. The van der Waals surface area contributed by atoms with Gasteiger partial charge in [0.1, 0.15) is 22.3 Å². The van der Waals surface area contributed by atoms with E-state index in [1.165, 1.54) is 44.5 Å². The minimum atomic E-state index is -0.453. The number of para-hydroxylation sites is 2. The second-order valence-corrected chi connectivity index (χ2v) is 15.5. The molecule has 2 heterocycles. The normalized spacial score (nSPS) is 13.3. The third-order valence-electron chi connectivity index (χ3n) is 12.7. The van der Waals surface area contributed by atoms with E-state index in [4.69, 9.17) is 8.83 Å². The molecule has 0 fully saturated rings. The number of fused-ring (bicyclic) bond motifs is 16. The van der Waals surface area contributed by atoms with Gasteiger partial charge >= 0.3 is 0 Å². The topological polar surface area (TPSA) is 29.5 Å². The number of benzene rings is 9. The van der Waals surface area contributed by atoms with E-state index in [1.54, 1.807) is 0 Å². The second kappa shape index (κ2) is 11.7. The van der Waals surface area contributed by atoms with Crippen LogP contribution in [0.5, 0.6) is 0 Å². The zero-order chi connectivity index (χ0) is 38.0. The highest BCUT2D eigenvalue weighted by Crippen LogP contribution is 2.64. The molecule has 0 saturated heterocycles. The summed E-state index contributed by atoms with van der Waals surface area (Å²) in [6.07, 6.45) is 0. The minimum Gasteiger partial charge on any atom is -0.456 e. The van der Waals surface area contributed by atoms with Crippen molar-refractivity contribution in [2.45, 2.75) is 5.41 Å². The molecular formula is C55H33NO2. The predicted octanol–water partition coefficient (Wildman–Crippen LogP) is 15.0. The Morgan fingerprint density at radius 3 is 1.48 bits per heavy atom. The van der Waals surface area contributed by atoms with Crippen LogP contribution in [0.1, 0.15) is 22.3 Å². The number of anilines is 3. The SMILES string of the molecule is c1ccc2c(c1)-c1ccccc1C21c2ccccc2-c2c(N(c3ccc(-c4cccc5oc6ccccc6c45)cc3)c3cccc4oc5ccccc5c34)cccc21. The molecule has 0 saturated carbocycles. The van der Waals surface area contributed by atoms with Crippen molar-refractivity contribution in [2.24, 2.45) is 0 Å². The number of hydrogen-bond donors (Lipinski definition) is 0. The summed E-state index contributed by atoms with van der Waals surface area (Å²) >= 11 is 0. The molecule has 58 heavy (non-hydrogen) atoms. The summed E-state index contributed by atoms with van der Waals surface area (Å²) in [6.45, 7) is 0. The van der Waals surface area contributed by atoms with Gasteiger partial charge in [-0.1, -0.05) is 152 Å². The molecule has 9 aromatic carbocycles. The number of furan rings is 2. The molecule has 0 unspecified atom stereocenters. The van der Waals surface area contributed by atoms with E-state index < -0.39 is 5.41 Å². The van der Waals surface area contributed by atoms with Crippen LogP contribution in [0.15, 0.2) is 209 Å². The maximum absolute atomic E-state index is 6.53. The minimum absolute atomic E-state index is 0.453. The standard InChI is InChI=1S/C55H33NO2/c1-6-20-42-37(14-1)38-15-2-7-21-43(38)55(42)44-22-8-3-16-39(44)53-45(55)23-12-24-46(53)56(47-25-13-29-51-54(47)41-18-5-10-27-49(41)58-51)35-32-30-34(31-33-35)36-19-11-28-50-52(36)40-17-4-9-26-48(40)57-50/h1-33H. The van der Waals surface area contributed by atoms with Crippen LogP contribution in [0.3, 0.4) is 0 Å². The molecule has 11 aromatic rings. The van der Waals surface area contributed by atoms with Gasteiger partial charge < -0.3 is 13.7 Å². The Hall–Kier alpha value is -7.62. The van der Waals surface area contributed by atoms with Crippen LogP contribution in [0.25, 0.3) is 77.3 Å². The molecule has 13 rings (SSSR count). The molecule has 1 spiro atoms. The van der Waals surface area contributed by atoms with Crippen molar-refractivity contribution in [2.75, 3.05) is 4.90 Å². The van der Waals surface area contributed by atoms with Gasteiger partial charge in [0.25, 0.3) is 0 Å². The fourth-order valence-corrected chi connectivity index (χ4v) is 10.5. The lowest BCUT2D eigenvalue weighted by atomic mass is 9.70. The summed E-state index contributed by atoms with van der Waals surface area (Å²) < 4.78 is 12.8. The predicted molar refractivity (Wildman–Crippen MR) is 237 cm³/mol. The van der Waals surface area contributed by atoms with Crippen LogP contribution in [-0.2, 0) is 5.41 Å². The molecule has 0 atom stereocenters. The van der Waals surface area contributed by atoms with E-state index in [0.717, 1.165) is 72.1 Å². The van der Waals surface area contributed by atoms with Gasteiger partial charge in [0.2, 0.25) is 0 Å². The molecule has 2 aromatic heterocycles. The largest absolute Gasteiger partial charge is 0.456 e. The lowest BCUT2D eigenvalue weighted by molar-refractivity contribution is 0.668. The molecule has 0 N–H and O–H groups in total. The van der Waals surface area contributed by atoms with Gasteiger partial charge in [0.05, 0.1) is 22.2 Å². The van der Waals surface area contributed by atoms with E-state index in [9.17, 15) is 0 Å². The number of rotatable bonds is 4. The fraction of sp³-hybridized carbons (Fsp3) is 0.0182. The highest BCUT2D eigenvalue weighted by Gasteiger charge is 2.52. The van der Waals surface area contributed by atoms with Gasteiger partial charge in [-0.05, 0) is 98.6 Å². The van der Waals surface area contributed by atoms with Crippen molar-refractivity contribution in [3.8, 4) is 33.4 Å². The van der Waals surface area contributed by atoms with E-state index in [1.807, 2.05) is 18.2 Å². The summed E-state index contributed by atoms with van der Waals surface area (Å²) in [5.41, 5.74) is 19.0. The summed E-state index contributed by atoms with van der Waals surface area (Å²) in [7, 11) is 0. The molecule has 0 bridgehead atoms. The number of nitrogens with zero attached hydrogens (tertiary/aromatic N) is 1. The van der Waals surface area contributed by atoms with Crippen molar-refractivity contribution in [3.63, 3.8) is 0 Å². The van der Waals surface area contributed by atoms with Crippen LogP contribution < -0.4 is 4.90 Å². The average Bonchev–Trinajstić information content (AvgIpc) is 4.02. The molecule has 0 radical (unpaired) electrons. The zero-order valence-electron chi connectivity index (χ0n) is 31.3. The van der Waals surface area contributed by atoms with Crippen molar-refractivity contribution < 1.29 is 8.83 Å². The maximum Gasteiger partial charge on any atom is 0.137 e. The van der Waals surface area contributed by atoms with E-state index in [0.29, 0.717) is 0 Å². The van der Waals surface area contributed by atoms with Gasteiger partial charge in [-0.3, -0.25) is 0 Å². The van der Waals surface area contributed by atoms with Gasteiger partial charge in [-0.15, -0.1) is 0 Å². The molecule has 2 aliphatic carbocycles. The Kier molecular flexibility index (Phi) is 6.37. The Bertz CT molecular complexity index is 3430. The first-order valence-electron chi connectivity index (χ1n) is 19.9. The smallest absolute Gasteiger partial charge is 0.137 e. The summed E-state index contributed by atoms with van der Waals surface area (Å²) in [4.78, 5) is 2.46. The van der Waals surface area contributed by atoms with E-state index in [-0.39, 0.29) is 0 Å². The second-order valence-electron chi connectivity index (χ2n) is 15.5. The maximum atomic E-state index is 6.53. The Balaban J connectivity index is 1.09. The van der Waals surface area contributed by atoms with Gasteiger partial charge in [0, 0.05) is 27.4 Å². The molecule has 2 aliphatic rings. The molecular weight excluding hydrogens is 707 g/mol. The fourth-order valence-electron chi connectivity index (χ4n) is 10.5. The van der Waals surface area contributed by atoms with Crippen molar-refractivity contribution in [1.29, 1.82) is 0 Å². The van der Waals surface area contributed by atoms with Crippen molar-refractivity contribution >= 4 is 60.9 Å². The van der Waals surface area contributed by atoms with Crippen LogP contribution >= 0.6 is 0 Å². The van der Waals surface area contributed by atoms with E-state index >= 15 is 0 Å². The van der Waals surface area contributed by atoms with Crippen LogP contribution in [0, 0.1) is 0 Å². The molecule has 270 valence electrons. The third kappa shape index (κ3) is 4.07. The first kappa shape index (κ1) is 31.6. The van der Waals surface area contributed by atoms with Gasteiger partial charge in [-0.25, -0.2) is 0 Å². The highest BCUT2D eigenvalue weighted by atomic mass is 16.3. The number of hydrogen-bond acceptors (Lipinski definition) is 3.